The Bertz CT molecular complexity index is 149. The van der Waals surface area contributed by atoms with Gasteiger partial charge in [-0.2, -0.15) is 5.10 Å². The Balaban J connectivity index is 2.30. The first-order valence-electron chi connectivity index (χ1n) is 2.72. The summed E-state index contributed by atoms with van der Waals surface area (Å²) in [6, 6.07) is 1.85. The molecule has 0 spiro atoms. The molecule has 0 aliphatic carbocycles. The largest absolute Gasteiger partial charge is 0.369 e. The first kappa shape index (κ1) is 6.42. The molecular formula is C5H8ClN3. The number of anilines is 1. The number of halogens is 1. The summed E-state index contributed by atoms with van der Waals surface area (Å²) < 4.78 is 0. The second-order valence-electron chi connectivity index (χ2n) is 1.59. The van der Waals surface area contributed by atoms with Gasteiger partial charge < -0.3 is 5.32 Å². The standard InChI is InChI=1S/C5H8ClN3/c6-2-4-7-5-1-3-8-9-5/h1,3H,2,4H2,(H2,7,8,9). The zero-order chi connectivity index (χ0) is 6.53. The number of nitrogens with one attached hydrogen (secondary N) is 2. The molecule has 9 heavy (non-hydrogen) atoms. The zero-order valence-electron chi connectivity index (χ0n) is 4.89. The third-order valence-electron chi connectivity index (χ3n) is 0.911. The summed E-state index contributed by atoms with van der Waals surface area (Å²) in [4.78, 5) is 0. The predicted octanol–water partition coefficient (Wildman–Crippen LogP) is 1.06. The highest BCUT2D eigenvalue weighted by Crippen LogP contribution is 1.96. The average molecular weight is 146 g/mol. The van der Waals surface area contributed by atoms with Gasteiger partial charge >= 0.3 is 0 Å². The average Bonchev–Trinajstić information content (AvgIpc) is 2.34. The summed E-state index contributed by atoms with van der Waals surface area (Å²) in [6.45, 7) is 0.768. The number of rotatable bonds is 3. The number of aromatic amines is 1. The van der Waals surface area contributed by atoms with Gasteiger partial charge in [-0.05, 0) is 6.07 Å². The molecule has 0 radical (unpaired) electrons. The number of nitrogens with zero attached hydrogens (tertiary/aromatic N) is 1. The van der Waals surface area contributed by atoms with Crippen LogP contribution in [0.4, 0.5) is 5.82 Å². The van der Waals surface area contributed by atoms with Crippen molar-refractivity contribution >= 4 is 17.4 Å². The molecule has 2 N–H and O–H groups in total. The summed E-state index contributed by atoms with van der Waals surface area (Å²) in [5.41, 5.74) is 0. The lowest BCUT2D eigenvalue weighted by atomic mass is 10.6. The first-order valence-corrected chi connectivity index (χ1v) is 3.26. The Morgan fingerprint density at radius 3 is 3.22 bits per heavy atom. The fourth-order valence-electron chi connectivity index (χ4n) is 0.536. The molecule has 0 saturated heterocycles. The molecule has 0 unspecified atom stereocenters. The van der Waals surface area contributed by atoms with Gasteiger partial charge in [0.2, 0.25) is 0 Å². The maximum Gasteiger partial charge on any atom is 0.121 e. The second kappa shape index (κ2) is 3.35. The van der Waals surface area contributed by atoms with Gasteiger partial charge in [0.1, 0.15) is 5.82 Å². The van der Waals surface area contributed by atoms with Crippen LogP contribution in [0.1, 0.15) is 0 Å². The Hall–Kier alpha value is -0.700. The van der Waals surface area contributed by atoms with Gasteiger partial charge in [0, 0.05) is 12.4 Å². The van der Waals surface area contributed by atoms with E-state index in [1.807, 2.05) is 6.07 Å². The second-order valence-corrected chi connectivity index (χ2v) is 1.96. The van der Waals surface area contributed by atoms with Gasteiger partial charge in [-0.1, -0.05) is 0 Å². The summed E-state index contributed by atoms with van der Waals surface area (Å²) in [5.74, 6) is 1.52. The minimum atomic E-state index is 0.610. The molecule has 50 valence electrons. The smallest absolute Gasteiger partial charge is 0.121 e. The van der Waals surface area contributed by atoms with Crippen molar-refractivity contribution in [2.75, 3.05) is 17.7 Å². The van der Waals surface area contributed by atoms with Crippen molar-refractivity contribution in [1.82, 2.24) is 10.2 Å². The van der Waals surface area contributed by atoms with Crippen LogP contribution in [0.15, 0.2) is 12.3 Å². The lowest BCUT2D eigenvalue weighted by Gasteiger charge is -1.96. The minimum Gasteiger partial charge on any atom is -0.369 e. The summed E-state index contributed by atoms with van der Waals surface area (Å²) in [5, 5.41) is 9.52. The van der Waals surface area contributed by atoms with Crippen LogP contribution in [0.3, 0.4) is 0 Å². The van der Waals surface area contributed by atoms with E-state index < -0.39 is 0 Å². The Kier molecular flexibility index (Phi) is 2.39. The molecule has 1 aromatic heterocycles. The van der Waals surface area contributed by atoms with Gasteiger partial charge in [-0.15, -0.1) is 11.6 Å². The molecule has 0 aliphatic rings. The van der Waals surface area contributed by atoms with Gasteiger partial charge in [-0.3, -0.25) is 5.10 Å². The van der Waals surface area contributed by atoms with E-state index >= 15 is 0 Å². The number of aromatic nitrogens is 2. The monoisotopic (exact) mass is 145 g/mol. The number of alkyl halides is 1. The fraction of sp³-hybridized carbons (Fsp3) is 0.400. The topological polar surface area (TPSA) is 40.7 Å². The lowest BCUT2D eigenvalue weighted by Crippen LogP contribution is -2.02. The van der Waals surface area contributed by atoms with Gasteiger partial charge in [-0.25, -0.2) is 0 Å². The summed E-state index contributed by atoms with van der Waals surface area (Å²) in [6.07, 6.45) is 1.69. The van der Waals surface area contributed by atoms with Crippen LogP contribution < -0.4 is 5.32 Å². The van der Waals surface area contributed by atoms with Crippen LogP contribution in [-0.4, -0.2) is 22.6 Å². The van der Waals surface area contributed by atoms with E-state index in [2.05, 4.69) is 15.5 Å². The normalized spacial score (nSPS) is 9.44. The summed E-state index contributed by atoms with van der Waals surface area (Å²) >= 11 is 5.42. The van der Waals surface area contributed by atoms with E-state index in [1.165, 1.54) is 0 Å². The highest BCUT2D eigenvalue weighted by Gasteiger charge is 1.87. The van der Waals surface area contributed by atoms with Crippen LogP contribution in [0.25, 0.3) is 0 Å². The third kappa shape index (κ3) is 1.93. The molecule has 0 aliphatic heterocycles. The molecule has 0 aromatic carbocycles. The number of hydrogen-bond acceptors (Lipinski definition) is 2. The van der Waals surface area contributed by atoms with Crippen molar-refractivity contribution in [2.45, 2.75) is 0 Å². The molecule has 3 nitrogen and oxygen atoms in total. The molecule has 0 amide bonds. The maximum atomic E-state index is 5.42. The molecule has 0 bridgehead atoms. The van der Waals surface area contributed by atoms with Crippen LogP contribution >= 0.6 is 11.6 Å². The van der Waals surface area contributed by atoms with Gasteiger partial charge in [0.25, 0.3) is 0 Å². The Morgan fingerprint density at radius 1 is 1.78 bits per heavy atom. The van der Waals surface area contributed by atoms with E-state index in [9.17, 15) is 0 Å². The molecule has 1 aromatic rings. The van der Waals surface area contributed by atoms with Crippen molar-refractivity contribution in [1.29, 1.82) is 0 Å². The van der Waals surface area contributed by atoms with Crippen molar-refractivity contribution in [3.8, 4) is 0 Å². The Morgan fingerprint density at radius 2 is 2.67 bits per heavy atom. The molecular weight excluding hydrogens is 138 g/mol. The van der Waals surface area contributed by atoms with E-state index in [0.717, 1.165) is 12.4 Å². The third-order valence-corrected chi connectivity index (χ3v) is 1.10. The van der Waals surface area contributed by atoms with Crippen molar-refractivity contribution in [3.63, 3.8) is 0 Å². The van der Waals surface area contributed by atoms with Crippen molar-refractivity contribution in [2.24, 2.45) is 0 Å². The number of H-pyrrole nitrogens is 1. The fourth-order valence-corrected chi connectivity index (χ4v) is 0.631. The van der Waals surface area contributed by atoms with Gasteiger partial charge in [0.15, 0.2) is 0 Å². The van der Waals surface area contributed by atoms with E-state index in [1.54, 1.807) is 6.20 Å². The minimum absolute atomic E-state index is 0.610. The maximum absolute atomic E-state index is 5.42. The molecule has 1 rings (SSSR count). The van der Waals surface area contributed by atoms with Crippen LogP contribution in [0.5, 0.6) is 0 Å². The zero-order valence-corrected chi connectivity index (χ0v) is 5.65. The van der Waals surface area contributed by atoms with Gasteiger partial charge in [0.05, 0.1) is 6.20 Å². The molecule has 4 heteroatoms. The highest BCUT2D eigenvalue weighted by atomic mass is 35.5. The molecule has 0 fully saturated rings. The van der Waals surface area contributed by atoms with E-state index in [4.69, 9.17) is 11.6 Å². The highest BCUT2D eigenvalue weighted by molar-refractivity contribution is 6.18. The molecule has 0 saturated carbocycles. The quantitative estimate of drug-likeness (QED) is 0.625. The molecule has 0 atom stereocenters. The van der Waals surface area contributed by atoms with Crippen LogP contribution in [0.2, 0.25) is 0 Å². The number of hydrogen-bond donors (Lipinski definition) is 2. The predicted molar refractivity (Wildman–Crippen MR) is 37.8 cm³/mol. The van der Waals surface area contributed by atoms with Crippen molar-refractivity contribution in [3.05, 3.63) is 12.3 Å². The Labute approximate surface area is 58.4 Å². The van der Waals surface area contributed by atoms with Crippen LogP contribution in [-0.2, 0) is 0 Å². The summed E-state index contributed by atoms with van der Waals surface area (Å²) in [7, 11) is 0. The SMILES string of the molecule is ClCCNc1ccn[nH]1. The van der Waals surface area contributed by atoms with E-state index in [-0.39, 0.29) is 0 Å². The van der Waals surface area contributed by atoms with E-state index in [0.29, 0.717) is 5.88 Å². The van der Waals surface area contributed by atoms with Crippen molar-refractivity contribution < 1.29 is 0 Å². The lowest BCUT2D eigenvalue weighted by molar-refractivity contribution is 1.07. The van der Waals surface area contributed by atoms with Crippen LogP contribution in [0, 0.1) is 0 Å². The molecule has 1 heterocycles. The first-order chi connectivity index (χ1) is 4.43.